The van der Waals surface area contributed by atoms with Crippen LogP contribution >= 0.6 is 0 Å². The summed E-state index contributed by atoms with van der Waals surface area (Å²) in [4.78, 5) is 10.5. The first-order chi connectivity index (χ1) is 14.0. The van der Waals surface area contributed by atoms with Gasteiger partial charge in [-0.05, 0) is 18.2 Å². The molecule has 0 aliphatic carbocycles. The van der Waals surface area contributed by atoms with E-state index in [0.717, 1.165) is 23.8 Å². The fourth-order valence-electron chi connectivity index (χ4n) is 3.07. The molecule has 1 aliphatic heterocycles. The monoisotopic (exact) mass is 399 g/mol. The van der Waals surface area contributed by atoms with Gasteiger partial charge >= 0.3 is 5.69 Å². The number of fused-ring (bicyclic) bond motifs is 1. The zero-order chi connectivity index (χ0) is 20.4. The Bertz CT molecular complexity index is 1060. The lowest BCUT2D eigenvalue weighted by atomic mass is 10.1. The Morgan fingerprint density at radius 2 is 1.86 bits per heavy atom. The summed E-state index contributed by atoms with van der Waals surface area (Å²) >= 11 is 0. The second kappa shape index (κ2) is 7.84. The Balaban J connectivity index is 1.62. The van der Waals surface area contributed by atoms with Gasteiger partial charge in [0.2, 0.25) is 6.29 Å². The minimum absolute atomic E-state index is 0.125. The molecule has 3 aromatic rings. The summed E-state index contributed by atoms with van der Waals surface area (Å²) in [5, 5.41) is 11.1. The van der Waals surface area contributed by atoms with Crippen LogP contribution < -0.4 is 9.47 Å². The van der Waals surface area contributed by atoms with E-state index in [9.17, 15) is 18.9 Å². The van der Waals surface area contributed by atoms with E-state index in [2.05, 4.69) is 0 Å². The number of nitro groups is 1. The van der Waals surface area contributed by atoms with E-state index < -0.39 is 22.8 Å². The summed E-state index contributed by atoms with van der Waals surface area (Å²) in [6, 6.07) is 14.6. The van der Waals surface area contributed by atoms with Gasteiger partial charge in [-0.3, -0.25) is 10.1 Å². The Hall–Kier alpha value is -3.52. The second-order valence-corrected chi connectivity index (χ2v) is 6.38. The molecule has 0 aromatic heterocycles. The van der Waals surface area contributed by atoms with Gasteiger partial charge in [-0.2, -0.15) is 0 Å². The predicted octanol–water partition coefficient (Wildman–Crippen LogP) is 5.06. The van der Waals surface area contributed by atoms with E-state index in [-0.39, 0.29) is 24.7 Å². The molecule has 0 saturated heterocycles. The highest BCUT2D eigenvalue weighted by atomic mass is 19.1. The van der Waals surface area contributed by atoms with Crippen LogP contribution in [0.3, 0.4) is 0 Å². The third-order valence-corrected chi connectivity index (χ3v) is 4.40. The normalized spacial score (nSPS) is 15.3. The second-order valence-electron chi connectivity index (χ2n) is 6.38. The molecular weight excluding hydrogens is 384 g/mol. The maximum atomic E-state index is 14.0. The molecular formula is C21H15F2NO5. The van der Waals surface area contributed by atoms with Crippen LogP contribution in [0.4, 0.5) is 14.5 Å². The first-order valence-electron chi connectivity index (χ1n) is 8.72. The van der Waals surface area contributed by atoms with Crippen molar-refractivity contribution in [1.29, 1.82) is 0 Å². The van der Waals surface area contributed by atoms with E-state index in [1.54, 1.807) is 0 Å². The number of nitrogens with zero attached hydrogens (tertiary/aromatic N) is 1. The van der Waals surface area contributed by atoms with Gasteiger partial charge in [0.05, 0.1) is 11.5 Å². The summed E-state index contributed by atoms with van der Waals surface area (Å²) in [6.07, 6.45) is -0.684. The number of ether oxygens (including phenoxy) is 3. The van der Waals surface area contributed by atoms with Crippen molar-refractivity contribution in [2.24, 2.45) is 0 Å². The maximum Gasteiger partial charge on any atom is 0.311 e. The lowest BCUT2D eigenvalue weighted by molar-refractivity contribution is -0.386. The van der Waals surface area contributed by atoms with Gasteiger partial charge in [0.1, 0.15) is 24.0 Å². The van der Waals surface area contributed by atoms with Gasteiger partial charge in [-0.25, -0.2) is 8.78 Å². The summed E-state index contributed by atoms with van der Waals surface area (Å²) in [5.74, 6) is -1.08. The minimum Gasteiger partial charge on any atom is -0.482 e. The minimum atomic E-state index is -0.684. The highest BCUT2D eigenvalue weighted by Crippen LogP contribution is 2.37. The predicted molar refractivity (Wildman–Crippen MR) is 98.4 cm³/mol. The fourth-order valence-corrected chi connectivity index (χ4v) is 3.07. The number of halogens is 2. The Morgan fingerprint density at radius 3 is 2.62 bits per heavy atom. The third-order valence-electron chi connectivity index (χ3n) is 4.40. The van der Waals surface area contributed by atoms with Crippen molar-refractivity contribution < 1.29 is 27.9 Å². The topological polar surface area (TPSA) is 70.8 Å². The number of nitro benzene ring substituents is 1. The van der Waals surface area contributed by atoms with Crippen molar-refractivity contribution >= 4 is 5.69 Å². The quantitative estimate of drug-likeness (QED) is 0.443. The molecule has 29 heavy (non-hydrogen) atoms. The van der Waals surface area contributed by atoms with E-state index in [1.807, 2.05) is 30.3 Å². The lowest BCUT2D eigenvalue weighted by Gasteiger charge is -2.28. The van der Waals surface area contributed by atoms with Crippen LogP contribution in [0.15, 0.2) is 60.7 Å². The molecule has 0 radical (unpaired) electrons. The third kappa shape index (κ3) is 4.02. The fraction of sp³-hybridized carbons (Fsp3) is 0.143. The summed E-state index contributed by atoms with van der Waals surface area (Å²) in [7, 11) is 0. The van der Waals surface area contributed by atoms with Crippen LogP contribution in [0.2, 0.25) is 0 Å². The van der Waals surface area contributed by atoms with E-state index >= 15 is 0 Å². The molecule has 0 spiro atoms. The van der Waals surface area contributed by atoms with Crippen molar-refractivity contribution in [1.82, 2.24) is 0 Å². The number of hydrogen-bond donors (Lipinski definition) is 0. The summed E-state index contributed by atoms with van der Waals surface area (Å²) in [5.41, 5.74) is 1.23. The van der Waals surface area contributed by atoms with E-state index in [0.29, 0.717) is 16.9 Å². The maximum absolute atomic E-state index is 14.0. The highest BCUT2D eigenvalue weighted by molar-refractivity contribution is 5.47. The van der Waals surface area contributed by atoms with Gasteiger partial charge in [-0.15, -0.1) is 0 Å². The Morgan fingerprint density at radius 1 is 1.07 bits per heavy atom. The summed E-state index contributed by atoms with van der Waals surface area (Å²) < 4.78 is 44.6. The van der Waals surface area contributed by atoms with Gasteiger partial charge in [0.25, 0.3) is 0 Å². The average molecular weight is 399 g/mol. The molecule has 4 rings (SSSR count). The molecule has 1 aliphatic rings. The Labute approximate surface area is 164 Å². The van der Waals surface area contributed by atoms with Crippen molar-refractivity contribution in [3.8, 4) is 11.5 Å². The number of benzene rings is 3. The van der Waals surface area contributed by atoms with E-state index in [1.165, 1.54) is 12.1 Å². The van der Waals surface area contributed by atoms with Crippen molar-refractivity contribution in [3.63, 3.8) is 0 Å². The molecule has 6 nitrogen and oxygen atoms in total. The van der Waals surface area contributed by atoms with Crippen LogP contribution in [-0.4, -0.2) is 4.92 Å². The Kier molecular flexibility index (Phi) is 5.09. The molecule has 0 saturated carbocycles. The molecule has 0 fully saturated rings. The molecule has 0 N–H and O–H groups in total. The molecule has 0 bridgehead atoms. The van der Waals surface area contributed by atoms with Crippen LogP contribution in [0, 0.1) is 21.7 Å². The van der Waals surface area contributed by atoms with Crippen molar-refractivity contribution in [3.05, 3.63) is 99.1 Å². The molecule has 3 aromatic carbocycles. The van der Waals surface area contributed by atoms with Crippen molar-refractivity contribution in [2.75, 3.05) is 0 Å². The zero-order valence-corrected chi connectivity index (χ0v) is 15.0. The largest absolute Gasteiger partial charge is 0.482 e. The number of hydrogen-bond acceptors (Lipinski definition) is 5. The average Bonchev–Trinajstić information content (AvgIpc) is 2.72. The zero-order valence-electron chi connectivity index (χ0n) is 15.0. The van der Waals surface area contributed by atoms with Gasteiger partial charge in [-0.1, -0.05) is 30.3 Å². The molecule has 1 heterocycles. The standard InChI is InChI=1S/C21H15F2NO5/c22-16-6-7-18(24(25)26)19(10-16)27-11-14-8-17(23)9-15-12-28-21(29-20(14)15)13-4-2-1-3-5-13/h1-10,21H,11-12H2/t21-/m1/s1. The van der Waals surface area contributed by atoms with Crippen LogP contribution in [0.1, 0.15) is 23.0 Å². The van der Waals surface area contributed by atoms with Crippen LogP contribution in [-0.2, 0) is 18.0 Å². The smallest absolute Gasteiger partial charge is 0.311 e. The molecule has 1 atom stereocenters. The lowest BCUT2D eigenvalue weighted by Crippen LogP contribution is -2.19. The SMILES string of the molecule is O=[N+]([O-])c1ccc(F)cc1OCc1cc(F)cc2c1O[C@H](c1ccccc1)OC2. The van der Waals surface area contributed by atoms with Crippen LogP contribution in [0.5, 0.6) is 11.5 Å². The first kappa shape index (κ1) is 18.8. The summed E-state index contributed by atoms with van der Waals surface area (Å²) in [6.45, 7) is -0.119. The molecule has 148 valence electrons. The van der Waals surface area contributed by atoms with Crippen molar-refractivity contribution in [2.45, 2.75) is 19.5 Å². The molecule has 8 heteroatoms. The van der Waals surface area contributed by atoms with Crippen LogP contribution in [0.25, 0.3) is 0 Å². The molecule has 0 amide bonds. The molecule has 0 unspecified atom stereocenters. The number of rotatable bonds is 5. The van der Waals surface area contributed by atoms with E-state index in [4.69, 9.17) is 14.2 Å². The van der Waals surface area contributed by atoms with Gasteiger partial charge in [0, 0.05) is 28.8 Å². The van der Waals surface area contributed by atoms with Gasteiger partial charge < -0.3 is 14.2 Å². The highest BCUT2D eigenvalue weighted by Gasteiger charge is 2.26. The first-order valence-corrected chi connectivity index (χ1v) is 8.72. The van der Waals surface area contributed by atoms with Gasteiger partial charge in [0.15, 0.2) is 5.75 Å².